The minimum atomic E-state index is -0.652. The lowest BCUT2D eigenvalue weighted by molar-refractivity contribution is -0.113. The average molecular weight is 500 g/mol. The summed E-state index contributed by atoms with van der Waals surface area (Å²) in [6.45, 7) is 6.12. The molecule has 0 unspecified atom stereocenters. The lowest BCUT2D eigenvalue weighted by atomic mass is 9.95. The van der Waals surface area contributed by atoms with Crippen LogP contribution in [0.25, 0.3) is 6.08 Å². The van der Waals surface area contributed by atoms with Gasteiger partial charge in [0.2, 0.25) is 0 Å². The molecule has 2 aromatic heterocycles. The fraction of sp³-hybridized carbons (Fsp3) is 0.179. The first-order valence-electron chi connectivity index (χ1n) is 11.6. The van der Waals surface area contributed by atoms with Crippen LogP contribution < -0.4 is 24.9 Å². The number of rotatable bonds is 6. The third-order valence-electron chi connectivity index (χ3n) is 5.84. The van der Waals surface area contributed by atoms with Crippen molar-refractivity contribution in [3.8, 4) is 5.75 Å². The highest BCUT2D eigenvalue weighted by Gasteiger charge is 2.32. The van der Waals surface area contributed by atoms with E-state index >= 15 is 0 Å². The van der Waals surface area contributed by atoms with E-state index in [2.05, 4.69) is 10.3 Å². The number of aryl methyl sites for hydroxylation is 1. The Bertz CT molecular complexity index is 1630. The minimum absolute atomic E-state index is 0.232. The summed E-state index contributed by atoms with van der Waals surface area (Å²) in [5.74, 6) is 1.76. The van der Waals surface area contributed by atoms with Gasteiger partial charge in [0.15, 0.2) is 4.80 Å². The molecule has 4 aromatic rings. The van der Waals surface area contributed by atoms with Crippen LogP contribution in [0.5, 0.6) is 5.75 Å². The first-order valence-corrected chi connectivity index (χ1v) is 12.4. The van der Waals surface area contributed by atoms with Crippen molar-refractivity contribution in [1.82, 2.24) is 4.57 Å². The highest BCUT2D eigenvalue weighted by Crippen LogP contribution is 2.31. The third kappa shape index (κ3) is 4.55. The molecule has 2 aromatic carbocycles. The average Bonchev–Trinajstić information content (AvgIpc) is 3.41. The predicted molar refractivity (Wildman–Crippen MR) is 140 cm³/mol. The Morgan fingerprint density at radius 1 is 1.11 bits per heavy atom. The Morgan fingerprint density at radius 2 is 1.86 bits per heavy atom. The Labute approximate surface area is 211 Å². The molecule has 1 aliphatic heterocycles. The summed E-state index contributed by atoms with van der Waals surface area (Å²) < 4.78 is 13.3. The van der Waals surface area contributed by atoms with Gasteiger partial charge in [-0.15, -0.1) is 0 Å². The van der Waals surface area contributed by atoms with Crippen LogP contribution in [-0.4, -0.2) is 17.1 Å². The summed E-state index contributed by atoms with van der Waals surface area (Å²) in [6, 6.07) is 19.7. The summed E-state index contributed by atoms with van der Waals surface area (Å²) in [5, 5.41) is 2.96. The van der Waals surface area contributed by atoms with Gasteiger partial charge in [0.25, 0.3) is 11.5 Å². The quantitative estimate of drug-likeness (QED) is 0.431. The van der Waals surface area contributed by atoms with Crippen LogP contribution >= 0.6 is 11.3 Å². The molecular weight excluding hydrogens is 474 g/mol. The molecule has 7 nitrogen and oxygen atoms in total. The van der Waals surface area contributed by atoms with Gasteiger partial charge in [-0.25, -0.2) is 4.99 Å². The van der Waals surface area contributed by atoms with Crippen LogP contribution in [0.3, 0.4) is 0 Å². The first-order chi connectivity index (χ1) is 17.4. The number of amides is 1. The number of ether oxygens (including phenoxy) is 1. The van der Waals surface area contributed by atoms with Crippen LogP contribution in [0.2, 0.25) is 0 Å². The number of anilines is 1. The molecule has 5 rings (SSSR count). The summed E-state index contributed by atoms with van der Waals surface area (Å²) in [6.07, 6.45) is 1.72. The van der Waals surface area contributed by atoms with Gasteiger partial charge in [0.05, 0.1) is 28.5 Å². The van der Waals surface area contributed by atoms with Crippen molar-refractivity contribution in [2.75, 3.05) is 11.9 Å². The maximum atomic E-state index is 13.7. The van der Waals surface area contributed by atoms with E-state index in [1.807, 2.05) is 80.6 Å². The lowest BCUT2D eigenvalue weighted by Crippen LogP contribution is -2.40. The molecule has 182 valence electrons. The highest BCUT2D eigenvalue weighted by atomic mass is 32.1. The fourth-order valence-electron chi connectivity index (χ4n) is 4.22. The molecule has 0 saturated heterocycles. The van der Waals surface area contributed by atoms with Crippen LogP contribution in [0.15, 0.2) is 92.2 Å². The second-order valence-electron chi connectivity index (χ2n) is 8.35. The maximum absolute atomic E-state index is 13.7. The zero-order valence-corrected chi connectivity index (χ0v) is 21.0. The number of para-hydroxylation sites is 1. The molecule has 1 N–H and O–H groups in total. The number of nitrogens with zero attached hydrogens (tertiary/aromatic N) is 2. The molecule has 1 aliphatic rings. The SMILES string of the molecule is CCOc1ccc([C@@H]2C(C(=O)Nc3ccccc3)=C(C)N=c3s/c(=C\c4ccc(C)o4)c(=O)n32)cc1. The Morgan fingerprint density at radius 3 is 2.53 bits per heavy atom. The van der Waals surface area contributed by atoms with Gasteiger partial charge in [-0.05, 0) is 62.7 Å². The lowest BCUT2D eigenvalue weighted by Gasteiger charge is -2.25. The smallest absolute Gasteiger partial charge is 0.271 e. The summed E-state index contributed by atoms with van der Waals surface area (Å²) >= 11 is 1.27. The Balaban J connectivity index is 1.66. The molecule has 8 heteroatoms. The third-order valence-corrected chi connectivity index (χ3v) is 6.82. The Kier molecular flexibility index (Phi) is 6.43. The van der Waals surface area contributed by atoms with Gasteiger partial charge in [-0.2, -0.15) is 0 Å². The van der Waals surface area contributed by atoms with Crippen molar-refractivity contribution >= 4 is 29.0 Å². The topological polar surface area (TPSA) is 85.8 Å². The van der Waals surface area contributed by atoms with Gasteiger partial charge in [0, 0.05) is 11.8 Å². The van der Waals surface area contributed by atoms with Crippen molar-refractivity contribution < 1.29 is 13.9 Å². The van der Waals surface area contributed by atoms with Gasteiger partial charge in [0.1, 0.15) is 17.3 Å². The number of nitrogens with one attached hydrogen (secondary N) is 1. The van der Waals surface area contributed by atoms with Crippen LogP contribution in [0.1, 0.15) is 37.0 Å². The van der Waals surface area contributed by atoms with Crippen molar-refractivity contribution in [3.63, 3.8) is 0 Å². The first kappa shape index (κ1) is 23.6. The number of furan rings is 1. The number of allylic oxidation sites excluding steroid dienone is 1. The number of benzene rings is 2. The van der Waals surface area contributed by atoms with Crippen molar-refractivity contribution in [3.05, 3.63) is 115 Å². The van der Waals surface area contributed by atoms with Gasteiger partial charge in [-0.3, -0.25) is 14.2 Å². The van der Waals surface area contributed by atoms with Gasteiger partial charge >= 0.3 is 0 Å². The van der Waals surface area contributed by atoms with E-state index in [0.29, 0.717) is 38.7 Å². The molecule has 0 radical (unpaired) electrons. The van der Waals surface area contributed by atoms with E-state index in [1.54, 1.807) is 17.6 Å². The zero-order chi connectivity index (χ0) is 25.2. The van der Waals surface area contributed by atoms with E-state index in [1.165, 1.54) is 11.3 Å². The van der Waals surface area contributed by atoms with Crippen molar-refractivity contribution in [2.24, 2.45) is 4.99 Å². The number of hydrogen-bond acceptors (Lipinski definition) is 6. The monoisotopic (exact) mass is 499 g/mol. The van der Waals surface area contributed by atoms with Crippen LogP contribution in [-0.2, 0) is 4.79 Å². The largest absolute Gasteiger partial charge is 0.494 e. The number of fused-ring (bicyclic) bond motifs is 1. The summed E-state index contributed by atoms with van der Waals surface area (Å²) in [7, 11) is 0. The minimum Gasteiger partial charge on any atom is -0.494 e. The molecule has 0 fully saturated rings. The van der Waals surface area contributed by atoms with Crippen LogP contribution in [0, 0.1) is 6.92 Å². The molecule has 3 heterocycles. The van der Waals surface area contributed by atoms with E-state index in [4.69, 9.17) is 9.15 Å². The normalized spacial score (nSPS) is 15.4. The van der Waals surface area contributed by atoms with Crippen molar-refractivity contribution in [1.29, 1.82) is 0 Å². The van der Waals surface area contributed by atoms with E-state index in [0.717, 1.165) is 17.1 Å². The number of carbonyl (C=O) groups is 1. The van der Waals surface area contributed by atoms with E-state index < -0.39 is 6.04 Å². The standard InChI is InChI=1S/C28H25N3O4S/c1-4-34-21-14-11-19(12-15-21)25-24(26(32)30-20-8-6-5-7-9-20)18(3)29-28-31(25)27(33)23(36-28)16-22-13-10-17(2)35-22/h5-16,25H,4H2,1-3H3,(H,30,32)/b23-16-/t25-/m1/s1. The second kappa shape index (κ2) is 9.83. The van der Waals surface area contributed by atoms with E-state index in [-0.39, 0.29) is 11.5 Å². The molecule has 1 amide bonds. The number of hydrogen-bond donors (Lipinski definition) is 1. The zero-order valence-electron chi connectivity index (χ0n) is 20.1. The second-order valence-corrected chi connectivity index (χ2v) is 9.36. The predicted octanol–water partition coefficient (Wildman–Crippen LogP) is 4.17. The molecule has 36 heavy (non-hydrogen) atoms. The molecule has 1 atom stereocenters. The van der Waals surface area contributed by atoms with E-state index in [9.17, 15) is 9.59 Å². The fourth-order valence-corrected chi connectivity index (χ4v) is 5.25. The number of carbonyl (C=O) groups excluding carboxylic acids is 1. The van der Waals surface area contributed by atoms with Gasteiger partial charge in [-0.1, -0.05) is 41.7 Å². The van der Waals surface area contributed by atoms with Crippen molar-refractivity contribution in [2.45, 2.75) is 26.8 Å². The summed E-state index contributed by atoms with van der Waals surface area (Å²) in [4.78, 5) is 32.4. The maximum Gasteiger partial charge on any atom is 0.271 e. The summed E-state index contributed by atoms with van der Waals surface area (Å²) in [5.41, 5.74) is 2.19. The molecule has 0 bridgehead atoms. The Hall–Kier alpha value is -4.17. The highest BCUT2D eigenvalue weighted by molar-refractivity contribution is 7.07. The molecule has 0 spiro atoms. The van der Waals surface area contributed by atoms with Gasteiger partial charge < -0.3 is 14.5 Å². The molecule has 0 saturated carbocycles. The molecule has 0 aliphatic carbocycles. The molecular formula is C28H25N3O4S. The van der Waals surface area contributed by atoms with Crippen LogP contribution in [0.4, 0.5) is 5.69 Å². The number of thiazole rings is 1. The number of aromatic nitrogens is 1.